The number of fused-ring (bicyclic) bond motifs is 1. The van der Waals surface area contributed by atoms with Crippen LogP contribution in [0.2, 0.25) is 0 Å². The van der Waals surface area contributed by atoms with E-state index in [1.165, 1.54) is 26.2 Å². The summed E-state index contributed by atoms with van der Waals surface area (Å²) in [5, 5.41) is 0.867. The van der Waals surface area contributed by atoms with Crippen LogP contribution in [0.5, 0.6) is 5.75 Å². The minimum atomic E-state index is -3.76. The van der Waals surface area contributed by atoms with E-state index in [4.69, 9.17) is 4.74 Å². The zero-order valence-electron chi connectivity index (χ0n) is 23.8. The maximum Gasteiger partial charge on any atom is 0.248 e. The molecule has 41 heavy (non-hydrogen) atoms. The van der Waals surface area contributed by atoms with Crippen LogP contribution in [-0.4, -0.2) is 51.2 Å². The van der Waals surface area contributed by atoms with Crippen LogP contribution in [0, 0.1) is 6.92 Å². The number of hydrogen-bond acceptors (Lipinski definition) is 6. The fourth-order valence-electron chi connectivity index (χ4n) is 5.71. The average molecular weight is 574 g/mol. The van der Waals surface area contributed by atoms with Crippen LogP contribution < -0.4 is 15.2 Å². The molecule has 0 amide bonds. The number of Topliss-reactive ketones (excluding diaryl/α,β-unsaturated/α-hetero) is 1. The van der Waals surface area contributed by atoms with Gasteiger partial charge in [0, 0.05) is 60.8 Å². The summed E-state index contributed by atoms with van der Waals surface area (Å²) in [6.45, 7) is 2.59. The smallest absolute Gasteiger partial charge is 0.248 e. The van der Waals surface area contributed by atoms with Gasteiger partial charge in [-0.25, -0.2) is 12.7 Å². The molecule has 1 fully saturated rings. The number of ketones is 1. The van der Waals surface area contributed by atoms with Gasteiger partial charge in [0.25, 0.3) is 0 Å². The van der Waals surface area contributed by atoms with Gasteiger partial charge < -0.3 is 14.6 Å². The zero-order chi connectivity index (χ0) is 29.3. The number of carbonyl (C=O) groups excluding carboxylic acids is 1. The molecule has 4 aromatic rings. The lowest BCUT2D eigenvalue weighted by atomic mass is 9.92. The summed E-state index contributed by atoms with van der Waals surface area (Å²) in [4.78, 5) is 31.1. The Balaban J connectivity index is 1.60. The van der Waals surface area contributed by atoms with Crippen molar-refractivity contribution in [3.05, 3.63) is 99.3 Å². The third-order valence-corrected chi connectivity index (χ3v) is 9.65. The summed E-state index contributed by atoms with van der Waals surface area (Å²) in [5.41, 5.74) is 4.26. The van der Waals surface area contributed by atoms with Gasteiger partial charge in [-0.3, -0.25) is 9.59 Å². The van der Waals surface area contributed by atoms with Gasteiger partial charge in [-0.15, -0.1) is 0 Å². The van der Waals surface area contributed by atoms with Crippen molar-refractivity contribution < 1.29 is 17.9 Å². The quantitative estimate of drug-likeness (QED) is 0.289. The van der Waals surface area contributed by atoms with E-state index in [0.29, 0.717) is 16.8 Å². The number of aryl methyl sites for hydroxylation is 1. The van der Waals surface area contributed by atoms with Crippen LogP contribution in [0.15, 0.2) is 76.4 Å². The van der Waals surface area contributed by atoms with Gasteiger partial charge in [-0.1, -0.05) is 24.3 Å². The van der Waals surface area contributed by atoms with E-state index < -0.39 is 10.0 Å². The SMILES string of the molecule is COc1ccccc1C1CCCCN1c1ccc(S(=O)(=O)N(C)C)cc1C(=O)Cc1ccc2[nH]c(=O)cc(C)c2c1. The highest BCUT2D eigenvalue weighted by Gasteiger charge is 2.30. The second-order valence-electron chi connectivity index (χ2n) is 10.7. The number of nitrogens with zero attached hydrogens (tertiary/aromatic N) is 2. The summed E-state index contributed by atoms with van der Waals surface area (Å²) in [6, 6.07) is 19.9. The minimum absolute atomic E-state index is 0.0251. The third kappa shape index (κ3) is 5.64. The first-order valence-corrected chi connectivity index (χ1v) is 15.2. The monoisotopic (exact) mass is 573 g/mol. The van der Waals surface area contributed by atoms with Crippen molar-refractivity contribution in [2.24, 2.45) is 0 Å². The van der Waals surface area contributed by atoms with Crippen LogP contribution in [0.1, 0.15) is 52.4 Å². The Morgan fingerprint density at radius 2 is 1.83 bits per heavy atom. The van der Waals surface area contributed by atoms with Gasteiger partial charge in [0.15, 0.2) is 5.78 Å². The first-order valence-electron chi connectivity index (χ1n) is 13.7. The van der Waals surface area contributed by atoms with Crippen LogP contribution in [0.4, 0.5) is 5.69 Å². The molecule has 0 radical (unpaired) electrons. The number of para-hydroxylation sites is 1. The first kappa shape index (κ1) is 28.6. The number of pyridine rings is 1. The van der Waals surface area contributed by atoms with E-state index in [0.717, 1.165) is 57.9 Å². The number of H-pyrrole nitrogens is 1. The van der Waals surface area contributed by atoms with Crippen LogP contribution >= 0.6 is 0 Å². The van der Waals surface area contributed by atoms with Gasteiger partial charge in [0.2, 0.25) is 15.6 Å². The van der Waals surface area contributed by atoms with Crippen molar-refractivity contribution in [1.29, 1.82) is 0 Å². The van der Waals surface area contributed by atoms with Crippen molar-refractivity contribution in [3.63, 3.8) is 0 Å². The predicted octanol–water partition coefficient (Wildman–Crippen LogP) is 5.25. The number of aromatic nitrogens is 1. The second-order valence-corrected chi connectivity index (χ2v) is 12.9. The van der Waals surface area contributed by atoms with Crippen LogP contribution in [0.25, 0.3) is 10.9 Å². The molecule has 9 heteroatoms. The highest BCUT2D eigenvalue weighted by atomic mass is 32.2. The average Bonchev–Trinajstić information content (AvgIpc) is 2.97. The van der Waals surface area contributed by atoms with Crippen molar-refractivity contribution in [3.8, 4) is 5.75 Å². The number of benzene rings is 3. The van der Waals surface area contributed by atoms with Crippen molar-refractivity contribution in [2.75, 3.05) is 32.6 Å². The molecule has 1 atom stereocenters. The van der Waals surface area contributed by atoms with Crippen LogP contribution in [0.3, 0.4) is 0 Å². The number of ether oxygens (including phenoxy) is 1. The number of nitrogens with one attached hydrogen (secondary N) is 1. The summed E-state index contributed by atoms with van der Waals surface area (Å²) in [5.74, 6) is 0.607. The predicted molar refractivity (Wildman–Crippen MR) is 162 cm³/mol. The third-order valence-electron chi connectivity index (χ3n) is 7.84. The molecule has 8 nitrogen and oxygen atoms in total. The molecule has 1 unspecified atom stereocenters. The van der Waals surface area contributed by atoms with Gasteiger partial charge >= 0.3 is 0 Å². The Labute approximate surface area is 240 Å². The van der Waals surface area contributed by atoms with Gasteiger partial charge in [-0.05, 0) is 73.7 Å². The highest BCUT2D eigenvalue weighted by Crippen LogP contribution is 2.41. The van der Waals surface area contributed by atoms with Gasteiger partial charge in [-0.2, -0.15) is 0 Å². The molecule has 5 rings (SSSR count). The Morgan fingerprint density at radius 1 is 1.05 bits per heavy atom. The number of sulfonamides is 1. The molecule has 214 valence electrons. The standard InChI is InChI=1S/C32H35N3O5S/c1-21-17-32(37)33-27-14-12-22(18-25(21)27)19-30(36)26-20-23(41(38,39)34(2)3)13-15-29(26)35-16-8-7-10-28(35)24-9-5-6-11-31(24)40-4/h5-6,9,11-15,17-18,20,28H,7-8,10,16,19H2,1-4H3,(H,33,37). The van der Waals surface area contributed by atoms with Gasteiger partial charge in [0.1, 0.15) is 5.75 Å². The topological polar surface area (TPSA) is 99.8 Å². The minimum Gasteiger partial charge on any atom is -0.496 e. The maximum absolute atomic E-state index is 14.1. The Kier molecular flexibility index (Phi) is 8.02. The fourth-order valence-corrected chi connectivity index (χ4v) is 6.63. The van der Waals surface area contributed by atoms with Crippen molar-refractivity contribution in [1.82, 2.24) is 9.29 Å². The van der Waals surface area contributed by atoms with E-state index in [-0.39, 0.29) is 28.7 Å². The Morgan fingerprint density at radius 3 is 2.59 bits per heavy atom. The molecule has 0 spiro atoms. The van der Waals surface area contributed by atoms with Gasteiger partial charge in [0.05, 0.1) is 18.0 Å². The number of rotatable bonds is 8. The molecule has 1 N–H and O–H groups in total. The van der Waals surface area contributed by atoms with E-state index in [2.05, 4.69) is 16.0 Å². The number of piperidine rings is 1. The zero-order valence-corrected chi connectivity index (χ0v) is 24.6. The number of aromatic amines is 1. The fraction of sp³-hybridized carbons (Fsp3) is 0.312. The second kappa shape index (κ2) is 11.5. The van der Waals surface area contributed by atoms with Crippen LogP contribution in [-0.2, 0) is 16.4 Å². The lowest BCUT2D eigenvalue weighted by molar-refractivity contribution is 0.0993. The Hall–Kier alpha value is -3.95. The molecular weight excluding hydrogens is 538 g/mol. The largest absolute Gasteiger partial charge is 0.496 e. The van der Waals surface area contributed by atoms with E-state index in [1.54, 1.807) is 19.2 Å². The summed E-state index contributed by atoms with van der Waals surface area (Å²) in [7, 11) is 0.858. The number of hydrogen-bond donors (Lipinski definition) is 1. The van der Waals surface area contributed by atoms with E-state index in [1.807, 2.05) is 43.3 Å². The Bertz CT molecular complexity index is 1780. The number of anilines is 1. The van der Waals surface area contributed by atoms with E-state index in [9.17, 15) is 18.0 Å². The normalized spacial score (nSPS) is 15.8. The molecule has 2 heterocycles. The number of methoxy groups -OCH3 is 1. The highest BCUT2D eigenvalue weighted by molar-refractivity contribution is 7.89. The maximum atomic E-state index is 14.1. The summed E-state index contributed by atoms with van der Waals surface area (Å²) in [6.07, 6.45) is 2.96. The van der Waals surface area contributed by atoms with Crippen molar-refractivity contribution >= 4 is 32.4 Å². The van der Waals surface area contributed by atoms with E-state index >= 15 is 0 Å². The molecule has 1 aliphatic heterocycles. The molecule has 1 aliphatic rings. The molecule has 0 bridgehead atoms. The lowest BCUT2D eigenvalue weighted by Gasteiger charge is -2.39. The molecule has 0 saturated carbocycles. The molecule has 0 aliphatic carbocycles. The number of carbonyl (C=O) groups is 1. The molecular formula is C32H35N3O5S. The summed E-state index contributed by atoms with van der Waals surface area (Å²) < 4.78 is 33.0. The molecule has 3 aromatic carbocycles. The lowest BCUT2D eigenvalue weighted by Crippen LogP contribution is -2.35. The molecule has 1 aromatic heterocycles. The summed E-state index contributed by atoms with van der Waals surface area (Å²) >= 11 is 0. The van der Waals surface area contributed by atoms with Crippen molar-refractivity contribution in [2.45, 2.75) is 43.5 Å². The molecule has 1 saturated heterocycles. The first-order chi connectivity index (χ1) is 19.6.